The van der Waals surface area contributed by atoms with Crippen LogP contribution < -0.4 is 14.8 Å². The summed E-state index contributed by atoms with van der Waals surface area (Å²) in [6.07, 6.45) is 1.52. The molecule has 0 saturated carbocycles. The Balaban J connectivity index is 2.18. The van der Waals surface area contributed by atoms with Crippen molar-refractivity contribution in [2.45, 2.75) is 6.92 Å². The predicted molar refractivity (Wildman–Crippen MR) is 108 cm³/mol. The lowest BCUT2D eigenvalue weighted by Gasteiger charge is -2.14. The number of nitrogens with one attached hydrogen (secondary N) is 1. The predicted octanol–water partition coefficient (Wildman–Crippen LogP) is 3.39. The number of amides is 2. The lowest BCUT2D eigenvalue weighted by molar-refractivity contribution is -0.136. The first-order valence-corrected chi connectivity index (χ1v) is 8.78. The third-order valence-corrected chi connectivity index (χ3v) is 4.47. The van der Waals surface area contributed by atoms with E-state index >= 15 is 0 Å². The topological polar surface area (TPSA) is 67.9 Å². The van der Waals surface area contributed by atoms with Gasteiger partial charge in [0.2, 0.25) is 0 Å². The highest BCUT2D eigenvalue weighted by Crippen LogP contribution is 2.36. The van der Waals surface area contributed by atoms with E-state index in [1.54, 1.807) is 25.3 Å². The van der Waals surface area contributed by atoms with Crippen LogP contribution in [-0.2, 0) is 9.59 Å². The van der Waals surface area contributed by atoms with E-state index in [0.29, 0.717) is 22.7 Å². The minimum Gasteiger partial charge on any atom is -0.496 e. The van der Waals surface area contributed by atoms with Crippen molar-refractivity contribution in [3.63, 3.8) is 0 Å². The summed E-state index contributed by atoms with van der Waals surface area (Å²) in [5.74, 6) is 0.257. The number of hydrogen-bond donors (Lipinski definition) is 1. The van der Waals surface area contributed by atoms with Crippen LogP contribution in [0.5, 0.6) is 11.5 Å². The summed E-state index contributed by atoms with van der Waals surface area (Å²) in [6.45, 7) is 5.70. The van der Waals surface area contributed by atoms with Crippen molar-refractivity contribution in [2.75, 3.05) is 26.1 Å². The second-order valence-corrected chi connectivity index (χ2v) is 6.29. The Morgan fingerprint density at radius 2 is 1.75 bits per heavy atom. The molecule has 1 heterocycles. The fourth-order valence-corrected chi connectivity index (χ4v) is 3.14. The van der Waals surface area contributed by atoms with Crippen molar-refractivity contribution in [1.82, 2.24) is 4.90 Å². The lowest BCUT2D eigenvalue weighted by Crippen LogP contribution is -2.32. The van der Waals surface area contributed by atoms with E-state index in [1.807, 2.05) is 31.2 Å². The maximum atomic E-state index is 13.1. The first-order valence-electron chi connectivity index (χ1n) is 8.78. The minimum absolute atomic E-state index is 0.118. The molecule has 6 heteroatoms. The summed E-state index contributed by atoms with van der Waals surface area (Å²) >= 11 is 0. The van der Waals surface area contributed by atoms with E-state index in [9.17, 15) is 9.59 Å². The van der Waals surface area contributed by atoms with Gasteiger partial charge in [0.15, 0.2) is 0 Å². The van der Waals surface area contributed by atoms with Crippen LogP contribution >= 0.6 is 0 Å². The number of carbonyl (C=O) groups is 2. The number of ether oxygens (including phenoxy) is 2. The summed E-state index contributed by atoms with van der Waals surface area (Å²) in [5.41, 5.74) is 2.58. The molecule has 1 N–H and O–H groups in total. The number of rotatable bonds is 7. The third-order valence-electron chi connectivity index (χ3n) is 4.47. The van der Waals surface area contributed by atoms with Gasteiger partial charge in [0.1, 0.15) is 17.2 Å². The molecule has 0 aromatic heterocycles. The molecule has 144 valence electrons. The largest absolute Gasteiger partial charge is 0.496 e. The normalized spacial score (nSPS) is 13.8. The molecule has 0 fully saturated rings. The molecule has 1 aliphatic rings. The Hall–Kier alpha value is -3.54. The van der Waals surface area contributed by atoms with E-state index in [1.165, 1.54) is 13.2 Å². The number of methoxy groups -OCH3 is 2. The minimum atomic E-state index is -0.422. The summed E-state index contributed by atoms with van der Waals surface area (Å²) in [6, 6.07) is 12.7. The Bertz CT molecular complexity index is 978. The fourth-order valence-electron chi connectivity index (χ4n) is 3.14. The molecule has 0 bridgehead atoms. The monoisotopic (exact) mass is 378 g/mol. The SMILES string of the molecule is C=CCN1C(=O)C(Nc2cc(C)ccc2OC)=C(c2ccccc2OC)C1=O. The second kappa shape index (κ2) is 8.00. The van der Waals surface area contributed by atoms with Crippen LogP contribution in [0.1, 0.15) is 11.1 Å². The highest BCUT2D eigenvalue weighted by atomic mass is 16.5. The Morgan fingerprint density at radius 1 is 1.04 bits per heavy atom. The van der Waals surface area contributed by atoms with E-state index in [4.69, 9.17) is 9.47 Å². The van der Waals surface area contributed by atoms with E-state index in [-0.39, 0.29) is 17.8 Å². The fraction of sp³-hybridized carbons (Fsp3) is 0.182. The van der Waals surface area contributed by atoms with Gasteiger partial charge in [0, 0.05) is 12.1 Å². The van der Waals surface area contributed by atoms with Gasteiger partial charge in [-0.1, -0.05) is 30.3 Å². The Kier molecular flexibility index (Phi) is 5.49. The molecule has 28 heavy (non-hydrogen) atoms. The van der Waals surface area contributed by atoms with Gasteiger partial charge in [0.25, 0.3) is 11.8 Å². The van der Waals surface area contributed by atoms with Crippen molar-refractivity contribution in [3.05, 3.63) is 71.9 Å². The molecular weight excluding hydrogens is 356 g/mol. The van der Waals surface area contributed by atoms with Crippen LogP contribution in [0.25, 0.3) is 5.57 Å². The summed E-state index contributed by atoms with van der Waals surface area (Å²) in [7, 11) is 3.08. The van der Waals surface area contributed by atoms with Crippen molar-refractivity contribution >= 4 is 23.1 Å². The number of carbonyl (C=O) groups excluding carboxylic acids is 2. The van der Waals surface area contributed by atoms with Crippen LogP contribution in [0.2, 0.25) is 0 Å². The Morgan fingerprint density at radius 3 is 2.43 bits per heavy atom. The number of nitrogens with zero attached hydrogens (tertiary/aromatic N) is 1. The molecule has 2 amide bonds. The van der Waals surface area contributed by atoms with Gasteiger partial charge in [-0.3, -0.25) is 14.5 Å². The summed E-state index contributed by atoms with van der Waals surface area (Å²) in [5, 5.41) is 3.12. The van der Waals surface area contributed by atoms with Gasteiger partial charge in [-0.05, 0) is 30.7 Å². The molecule has 3 rings (SSSR count). The number of aryl methyl sites for hydroxylation is 1. The first-order chi connectivity index (χ1) is 13.5. The number of benzene rings is 2. The van der Waals surface area contributed by atoms with Crippen LogP contribution in [0.3, 0.4) is 0 Å². The molecule has 0 saturated heterocycles. The Labute approximate surface area is 164 Å². The molecule has 0 aliphatic carbocycles. The number of hydrogen-bond acceptors (Lipinski definition) is 5. The van der Waals surface area contributed by atoms with Crippen LogP contribution in [0.15, 0.2) is 60.8 Å². The molecule has 6 nitrogen and oxygen atoms in total. The molecule has 2 aromatic rings. The first kappa shape index (κ1) is 19.2. The van der Waals surface area contributed by atoms with E-state index < -0.39 is 11.8 Å². The van der Waals surface area contributed by atoms with Gasteiger partial charge >= 0.3 is 0 Å². The zero-order valence-electron chi connectivity index (χ0n) is 16.1. The van der Waals surface area contributed by atoms with Gasteiger partial charge in [-0.25, -0.2) is 0 Å². The molecule has 0 unspecified atom stereocenters. The number of anilines is 1. The van der Waals surface area contributed by atoms with E-state index in [0.717, 1.165) is 10.5 Å². The average molecular weight is 378 g/mol. The molecule has 2 aromatic carbocycles. The van der Waals surface area contributed by atoms with Gasteiger partial charge in [-0.15, -0.1) is 6.58 Å². The van der Waals surface area contributed by atoms with Gasteiger partial charge in [0.05, 0.1) is 25.5 Å². The third kappa shape index (κ3) is 3.36. The lowest BCUT2D eigenvalue weighted by atomic mass is 10.0. The molecule has 1 aliphatic heterocycles. The quantitative estimate of drug-likeness (QED) is 0.591. The molecular formula is C22H22N2O4. The zero-order chi connectivity index (χ0) is 20.3. The standard InChI is InChI=1S/C22H22N2O4/c1-5-12-24-21(25)19(15-8-6-7-9-17(15)27-3)20(22(24)26)23-16-13-14(2)10-11-18(16)28-4/h5-11,13,23H,1,12H2,2-4H3. The molecule has 0 spiro atoms. The summed E-state index contributed by atoms with van der Waals surface area (Å²) < 4.78 is 10.8. The van der Waals surface area contributed by atoms with Gasteiger partial charge in [-0.2, -0.15) is 0 Å². The number of para-hydroxylation sites is 1. The molecule has 0 atom stereocenters. The van der Waals surface area contributed by atoms with Crippen molar-refractivity contribution in [1.29, 1.82) is 0 Å². The summed E-state index contributed by atoms with van der Waals surface area (Å²) in [4.78, 5) is 27.3. The van der Waals surface area contributed by atoms with Crippen LogP contribution in [-0.4, -0.2) is 37.5 Å². The van der Waals surface area contributed by atoms with E-state index in [2.05, 4.69) is 11.9 Å². The van der Waals surface area contributed by atoms with Crippen molar-refractivity contribution < 1.29 is 19.1 Å². The second-order valence-electron chi connectivity index (χ2n) is 6.29. The van der Waals surface area contributed by atoms with Crippen molar-refractivity contribution in [3.8, 4) is 11.5 Å². The van der Waals surface area contributed by atoms with Crippen molar-refractivity contribution in [2.24, 2.45) is 0 Å². The maximum Gasteiger partial charge on any atom is 0.278 e. The maximum absolute atomic E-state index is 13.1. The molecule has 0 radical (unpaired) electrons. The average Bonchev–Trinajstić information content (AvgIpc) is 2.92. The van der Waals surface area contributed by atoms with Crippen LogP contribution in [0, 0.1) is 6.92 Å². The smallest absolute Gasteiger partial charge is 0.278 e. The van der Waals surface area contributed by atoms with Crippen LogP contribution in [0.4, 0.5) is 5.69 Å². The van der Waals surface area contributed by atoms with Gasteiger partial charge < -0.3 is 14.8 Å². The highest BCUT2D eigenvalue weighted by Gasteiger charge is 2.39. The highest BCUT2D eigenvalue weighted by molar-refractivity contribution is 6.37. The number of imide groups is 1. The zero-order valence-corrected chi connectivity index (χ0v) is 16.1.